The van der Waals surface area contributed by atoms with Gasteiger partial charge in [-0.15, -0.1) is 0 Å². The molecule has 8 atom stereocenters. The molecule has 0 spiro atoms. The second-order valence-corrected chi connectivity index (χ2v) is 9.87. The zero-order valence-electron chi connectivity index (χ0n) is 19.5. The van der Waals surface area contributed by atoms with Crippen LogP contribution in [0.2, 0.25) is 0 Å². The molecule has 3 fully saturated rings. The molecule has 13 nitrogen and oxygen atoms in total. The first-order valence-corrected chi connectivity index (χ1v) is 12.6. The second-order valence-electron chi connectivity index (χ2n) is 8.37. The summed E-state index contributed by atoms with van der Waals surface area (Å²) in [4.78, 5) is 49.2. The van der Waals surface area contributed by atoms with Gasteiger partial charge in [0.2, 0.25) is 6.29 Å². The number of hydrogen-bond donors (Lipinski definition) is 1. The van der Waals surface area contributed by atoms with Gasteiger partial charge in [-0.3, -0.25) is 23.7 Å². The maximum absolute atomic E-state index is 13.5. The predicted octanol–water partition coefficient (Wildman–Crippen LogP) is 0.345. The molecule has 0 amide bonds. The van der Waals surface area contributed by atoms with Crippen LogP contribution in [0.15, 0.2) is 0 Å². The minimum atomic E-state index is -5.84. The summed E-state index contributed by atoms with van der Waals surface area (Å²) in [6.45, 7) is 4.27. The lowest BCUT2D eigenvalue weighted by Crippen LogP contribution is -2.48. The molecular formula is C20H26F2O13S. The van der Waals surface area contributed by atoms with Crippen LogP contribution >= 0.6 is 0 Å². The Morgan fingerprint density at radius 3 is 2.31 bits per heavy atom. The number of esters is 4. The van der Waals surface area contributed by atoms with E-state index in [0.717, 1.165) is 0 Å². The topological polar surface area (TPSA) is 178 Å². The second kappa shape index (κ2) is 10.5. The maximum Gasteiger partial charge on any atom is 0.405 e. The minimum Gasteiger partial charge on any atom is -0.455 e. The summed E-state index contributed by atoms with van der Waals surface area (Å²) in [5, 5.41) is -4.75. The maximum atomic E-state index is 13.5. The third kappa shape index (κ3) is 5.31. The molecule has 0 aromatic heterocycles. The quantitative estimate of drug-likeness (QED) is 0.154. The van der Waals surface area contributed by atoms with E-state index in [1.165, 1.54) is 0 Å². The number of hydrogen-bond acceptors (Lipinski definition) is 12. The molecule has 36 heavy (non-hydrogen) atoms. The van der Waals surface area contributed by atoms with E-state index in [1.807, 2.05) is 0 Å². The number of carbonyl (C=O) groups excluding carboxylic acids is 4. The molecule has 16 heteroatoms. The van der Waals surface area contributed by atoms with Gasteiger partial charge in [-0.25, -0.2) is 0 Å². The van der Waals surface area contributed by atoms with E-state index in [0.29, 0.717) is 13.3 Å². The molecule has 3 aliphatic heterocycles. The summed E-state index contributed by atoms with van der Waals surface area (Å²) in [6.07, 6.45) is -8.54. The molecule has 204 valence electrons. The molecule has 3 aliphatic rings. The fraction of sp³-hybridized carbons (Fsp3) is 0.800. The highest BCUT2D eigenvalue weighted by molar-refractivity contribution is 7.86. The van der Waals surface area contributed by atoms with Gasteiger partial charge in [-0.05, 0) is 13.8 Å². The molecule has 3 rings (SSSR count). The lowest BCUT2D eigenvalue weighted by molar-refractivity contribution is -0.188. The van der Waals surface area contributed by atoms with E-state index in [-0.39, 0.29) is 6.61 Å². The fourth-order valence-electron chi connectivity index (χ4n) is 4.32. The van der Waals surface area contributed by atoms with Crippen LogP contribution in [-0.2, 0) is 57.7 Å². The van der Waals surface area contributed by atoms with Crippen molar-refractivity contribution in [3.05, 3.63) is 0 Å². The largest absolute Gasteiger partial charge is 0.455 e. The van der Waals surface area contributed by atoms with E-state index < -0.39 is 101 Å². The van der Waals surface area contributed by atoms with E-state index >= 15 is 0 Å². The van der Waals surface area contributed by atoms with E-state index in [2.05, 4.69) is 4.74 Å². The van der Waals surface area contributed by atoms with Crippen molar-refractivity contribution < 1.29 is 69.4 Å². The fourth-order valence-corrected chi connectivity index (χ4v) is 4.79. The van der Waals surface area contributed by atoms with Crippen LogP contribution in [0.4, 0.5) is 8.78 Å². The summed E-state index contributed by atoms with van der Waals surface area (Å²) in [5.74, 6) is -5.94. The van der Waals surface area contributed by atoms with Crippen molar-refractivity contribution in [2.75, 3.05) is 6.61 Å². The summed E-state index contributed by atoms with van der Waals surface area (Å²) >= 11 is 0. The van der Waals surface area contributed by atoms with Gasteiger partial charge >= 0.3 is 39.2 Å². The van der Waals surface area contributed by atoms with Crippen molar-refractivity contribution in [2.24, 2.45) is 11.8 Å². The summed E-state index contributed by atoms with van der Waals surface area (Å²) in [5.41, 5.74) is 0. The Morgan fingerprint density at radius 2 is 1.72 bits per heavy atom. The van der Waals surface area contributed by atoms with Crippen LogP contribution in [-0.4, -0.2) is 85.5 Å². The summed E-state index contributed by atoms with van der Waals surface area (Å²) in [7, 11) is -5.84. The summed E-state index contributed by atoms with van der Waals surface area (Å²) in [6, 6.07) is 0. The Morgan fingerprint density at radius 1 is 1.08 bits per heavy atom. The first-order valence-electron chi connectivity index (χ1n) is 11.1. The van der Waals surface area contributed by atoms with Gasteiger partial charge in [0.25, 0.3) is 0 Å². The molecule has 1 N–H and O–H groups in total. The molecule has 2 bridgehead atoms. The van der Waals surface area contributed by atoms with Gasteiger partial charge in [-0.1, -0.05) is 6.92 Å². The molecule has 0 aromatic carbocycles. The Labute approximate surface area is 204 Å². The van der Waals surface area contributed by atoms with Crippen molar-refractivity contribution in [3.63, 3.8) is 0 Å². The number of fused-ring (bicyclic) bond motifs is 1. The van der Waals surface area contributed by atoms with Crippen LogP contribution in [0.3, 0.4) is 0 Å². The van der Waals surface area contributed by atoms with Gasteiger partial charge in [0, 0.05) is 13.0 Å². The highest BCUT2D eigenvalue weighted by atomic mass is 32.2. The molecule has 3 saturated heterocycles. The van der Waals surface area contributed by atoms with Gasteiger partial charge in [0.1, 0.15) is 24.0 Å². The van der Waals surface area contributed by atoms with Gasteiger partial charge in [0.15, 0.2) is 18.3 Å². The average Bonchev–Trinajstić information content (AvgIpc) is 3.40. The van der Waals surface area contributed by atoms with E-state index in [1.54, 1.807) is 13.8 Å². The van der Waals surface area contributed by atoms with Crippen LogP contribution in [0.5, 0.6) is 0 Å². The minimum absolute atomic E-state index is 0.279. The number of halogens is 2. The average molecular weight is 544 g/mol. The Bertz CT molecular complexity index is 1000. The van der Waals surface area contributed by atoms with Gasteiger partial charge in [0.05, 0.1) is 12.8 Å². The number of alkyl halides is 2. The van der Waals surface area contributed by atoms with Crippen molar-refractivity contribution in [1.29, 1.82) is 0 Å². The molecule has 8 unspecified atom stereocenters. The molecular weight excluding hydrogens is 518 g/mol. The molecule has 0 aromatic rings. The summed E-state index contributed by atoms with van der Waals surface area (Å²) < 4.78 is 88.1. The molecule has 0 aliphatic carbocycles. The van der Waals surface area contributed by atoms with Gasteiger partial charge < -0.3 is 28.4 Å². The predicted molar refractivity (Wildman–Crippen MR) is 108 cm³/mol. The van der Waals surface area contributed by atoms with E-state index in [9.17, 15) is 36.4 Å². The van der Waals surface area contributed by atoms with Crippen LogP contribution in [0.25, 0.3) is 0 Å². The van der Waals surface area contributed by atoms with Crippen LogP contribution in [0, 0.1) is 11.8 Å². The standard InChI is InChI=1S/C20H26F2O13S/c1-4-11(30-5-2)33-18(25)12-13-15-17(35-19(13)26)16(14(12)34-15)32-10(24)7-6-9(23)31-8(3)20(21,22)36(27,28)29/h8,11-17H,4-7H2,1-3H3,(H,27,28,29). The monoisotopic (exact) mass is 544 g/mol. The Hall–Kier alpha value is -2.43. The zero-order chi connectivity index (χ0) is 27.0. The lowest BCUT2D eigenvalue weighted by atomic mass is 9.78. The van der Waals surface area contributed by atoms with Crippen molar-refractivity contribution >= 4 is 34.0 Å². The first-order chi connectivity index (χ1) is 16.7. The first kappa shape index (κ1) is 28.1. The highest BCUT2D eigenvalue weighted by Crippen LogP contribution is 2.51. The lowest BCUT2D eigenvalue weighted by Gasteiger charge is -2.28. The van der Waals surface area contributed by atoms with Gasteiger partial charge in [-0.2, -0.15) is 17.2 Å². The molecule has 3 heterocycles. The van der Waals surface area contributed by atoms with Crippen molar-refractivity contribution in [2.45, 2.75) is 82.1 Å². The van der Waals surface area contributed by atoms with Crippen molar-refractivity contribution in [1.82, 2.24) is 0 Å². The number of ether oxygens (including phenoxy) is 6. The third-order valence-electron chi connectivity index (χ3n) is 6.04. The van der Waals surface area contributed by atoms with Crippen molar-refractivity contribution in [3.8, 4) is 0 Å². The molecule has 0 saturated carbocycles. The SMILES string of the molecule is CCOC(CC)OC(=O)C1C2OC3C(OC(=O)C31)C2OC(=O)CCC(=O)OC(C)C(F)(F)S(=O)(=O)O. The zero-order valence-corrected chi connectivity index (χ0v) is 20.3. The Kier molecular flexibility index (Phi) is 8.22. The highest BCUT2D eigenvalue weighted by Gasteiger charge is 2.72. The molecule has 0 radical (unpaired) electrons. The number of rotatable bonds is 12. The van der Waals surface area contributed by atoms with E-state index in [4.69, 9.17) is 28.2 Å². The normalized spacial score (nSPS) is 30.4. The number of carbonyl (C=O) groups is 4. The van der Waals surface area contributed by atoms with Crippen LogP contribution < -0.4 is 0 Å². The van der Waals surface area contributed by atoms with Crippen LogP contribution in [0.1, 0.15) is 40.0 Å². The smallest absolute Gasteiger partial charge is 0.405 e. The third-order valence-corrected chi connectivity index (χ3v) is 7.06. The Balaban J connectivity index is 1.58.